The van der Waals surface area contributed by atoms with Crippen molar-refractivity contribution in [3.63, 3.8) is 0 Å². The van der Waals surface area contributed by atoms with Crippen LogP contribution in [0.1, 0.15) is 271 Å². The first-order valence-electron chi connectivity index (χ1n) is 28.1. The molecular weight excluding hydrogens is 846 g/mol. The molecule has 0 saturated carbocycles. The number of hydrogen-bond donors (Lipinski definition) is 1. The second-order valence-corrected chi connectivity index (χ2v) is 21.8. The smallest absolute Gasteiger partial charge is 0.462 e. The van der Waals surface area contributed by atoms with Crippen LogP contribution in [-0.4, -0.2) is 74.9 Å². The molecule has 0 amide bonds. The van der Waals surface area contributed by atoms with Crippen molar-refractivity contribution in [2.24, 2.45) is 0 Å². The quantitative estimate of drug-likeness (QED) is 0.0211. The van der Waals surface area contributed by atoms with E-state index < -0.39 is 26.5 Å². The van der Waals surface area contributed by atoms with E-state index in [1.165, 1.54) is 186 Å². The highest BCUT2D eigenvalue weighted by Crippen LogP contribution is 2.43. The van der Waals surface area contributed by atoms with Gasteiger partial charge in [-0.25, -0.2) is 4.57 Å². The van der Waals surface area contributed by atoms with Crippen molar-refractivity contribution in [2.45, 2.75) is 277 Å². The van der Waals surface area contributed by atoms with Crippen molar-refractivity contribution in [3.05, 3.63) is 24.3 Å². The lowest BCUT2D eigenvalue weighted by molar-refractivity contribution is -0.870. The van der Waals surface area contributed by atoms with Crippen molar-refractivity contribution in [2.75, 3.05) is 47.5 Å². The fourth-order valence-corrected chi connectivity index (χ4v) is 8.85. The molecule has 9 nitrogen and oxygen atoms in total. The summed E-state index contributed by atoms with van der Waals surface area (Å²) in [5.41, 5.74) is 0. The van der Waals surface area contributed by atoms with Gasteiger partial charge >= 0.3 is 19.8 Å². The van der Waals surface area contributed by atoms with Crippen LogP contribution in [0.25, 0.3) is 0 Å². The van der Waals surface area contributed by atoms with Gasteiger partial charge in [-0.15, -0.1) is 0 Å². The predicted molar refractivity (Wildman–Crippen MR) is 280 cm³/mol. The number of phosphoric ester groups is 1. The highest BCUT2D eigenvalue weighted by atomic mass is 31.2. The molecule has 0 radical (unpaired) electrons. The first kappa shape index (κ1) is 64.5. The minimum absolute atomic E-state index is 0.0322. The monoisotopic (exact) mass is 955 g/mol. The summed E-state index contributed by atoms with van der Waals surface area (Å²) in [6.07, 6.45) is 56.7. The van der Waals surface area contributed by atoms with Gasteiger partial charge in [-0.3, -0.25) is 18.6 Å². The van der Waals surface area contributed by atoms with Gasteiger partial charge in [0.25, 0.3) is 0 Å². The standard InChI is InChI=1S/C56H108NO8P/c1-6-8-10-12-14-16-18-20-22-24-25-26-27-28-29-30-31-33-34-36-38-40-42-44-46-48-55(58)62-52-54(53-64-66(60,61)63-51-50-57(3,4)5)65-56(59)49-47-45-43-41-39-37-35-32-23-21-19-17-15-13-11-9-7-2/h15,17,21,23,54H,6-14,16,18-20,22,24-53H2,1-5H3/p+1/b17-15-,23-21-. The van der Waals surface area contributed by atoms with Gasteiger partial charge in [0, 0.05) is 12.8 Å². The van der Waals surface area contributed by atoms with Crippen LogP contribution in [0, 0.1) is 0 Å². The number of ether oxygens (including phenoxy) is 2. The zero-order chi connectivity index (χ0) is 48.5. The molecule has 0 aliphatic rings. The average Bonchev–Trinajstić information content (AvgIpc) is 3.27. The number of carbonyl (C=O) groups excluding carboxylic acids is 2. The zero-order valence-electron chi connectivity index (χ0n) is 44.2. The maximum Gasteiger partial charge on any atom is 0.472 e. The van der Waals surface area contributed by atoms with Crippen molar-refractivity contribution < 1.29 is 42.1 Å². The van der Waals surface area contributed by atoms with Gasteiger partial charge in [0.05, 0.1) is 27.7 Å². The summed E-state index contributed by atoms with van der Waals surface area (Å²) in [4.78, 5) is 35.6. The number of esters is 2. The molecule has 390 valence electrons. The molecule has 0 spiro atoms. The van der Waals surface area contributed by atoms with E-state index in [2.05, 4.69) is 38.2 Å². The Morgan fingerprint density at radius 2 is 0.818 bits per heavy atom. The third kappa shape index (κ3) is 51.9. The van der Waals surface area contributed by atoms with Crippen LogP contribution in [0.4, 0.5) is 0 Å². The molecule has 0 saturated heterocycles. The summed E-state index contributed by atoms with van der Waals surface area (Å²) < 4.78 is 34.5. The number of carbonyl (C=O) groups is 2. The van der Waals surface area contributed by atoms with E-state index in [-0.39, 0.29) is 25.6 Å². The Kier molecular flexibility index (Phi) is 47.4. The number of likely N-dealkylation sites (N-methyl/N-ethyl adjacent to an activating group) is 1. The summed E-state index contributed by atoms with van der Waals surface area (Å²) in [5, 5.41) is 0. The number of phosphoric acid groups is 1. The molecule has 0 fully saturated rings. The van der Waals surface area contributed by atoms with Crippen LogP contribution in [0.2, 0.25) is 0 Å². The van der Waals surface area contributed by atoms with E-state index in [1.807, 2.05) is 21.1 Å². The van der Waals surface area contributed by atoms with E-state index in [9.17, 15) is 19.0 Å². The molecule has 0 bridgehead atoms. The highest BCUT2D eigenvalue weighted by molar-refractivity contribution is 7.47. The molecule has 0 rings (SSSR count). The molecule has 0 aromatic heterocycles. The average molecular weight is 955 g/mol. The van der Waals surface area contributed by atoms with E-state index in [4.69, 9.17) is 18.5 Å². The molecule has 0 aromatic carbocycles. The van der Waals surface area contributed by atoms with E-state index in [0.717, 1.165) is 51.4 Å². The second-order valence-electron chi connectivity index (χ2n) is 20.3. The number of nitrogens with zero attached hydrogens (tertiary/aromatic N) is 1. The highest BCUT2D eigenvalue weighted by Gasteiger charge is 2.27. The summed E-state index contributed by atoms with van der Waals surface area (Å²) >= 11 is 0. The van der Waals surface area contributed by atoms with Crippen LogP contribution in [0.3, 0.4) is 0 Å². The van der Waals surface area contributed by atoms with Gasteiger partial charge in [0.15, 0.2) is 6.10 Å². The minimum Gasteiger partial charge on any atom is -0.462 e. The normalized spacial score (nSPS) is 13.5. The third-order valence-electron chi connectivity index (χ3n) is 12.5. The Balaban J connectivity index is 4.12. The number of unbranched alkanes of at least 4 members (excludes halogenated alkanes) is 34. The van der Waals surface area contributed by atoms with Gasteiger partial charge < -0.3 is 18.9 Å². The summed E-state index contributed by atoms with van der Waals surface area (Å²) in [5.74, 6) is -0.793. The van der Waals surface area contributed by atoms with Crippen molar-refractivity contribution >= 4 is 19.8 Å². The maximum absolute atomic E-state index is 12.8. The Morgan fingerprint density at radius 1 is 0.470 bits per heavy atom. The lowest BCUT2D eigenvalue weighted by Gasteiger charge is -2.24. The summed E-state index contributed by atoms with van der Waals surface area (Å²) in [6, 6.07) is 0. The van der Waals surface area contributed by atoms with Crippen LogP contribution in [-0.2, 0) is 32.7 Å². The zero-order valence-corrected chi connectivity index (χ0v) is 45.1. The molecule has 10 heteroatoms. The summed E-state index contributed by atoms with van der Waals surface area (Å²) in [6.45, 7) is 4.44. The van der Waals surface area contributed by atoms with Crippen LogP contribution < -0.4 is 0 Å². The number of hydrogen-bond acceptors (Lipinski definition) is 7. The first-order valence-corrected chi connectivity index (χ1v) is 29.6. The van der Waals surface area contributed by atoms with E-state index in [1.54, 1.807) is 0 Å². The van der Waals surface area contributed by atoms with E-state index in [0.29, 0.717) is 23.9 Å². The van der Waals surface area contributed by atoms with Gasteiger partial charge in [-0.2, -0.15) is 0 Å². The number of rotatable bonds is 52. The molecule has 0 aliphatic carbocycles. The maximum atomic E-state index is 12.8. The van der Waals surface area contributed by atoms with Crippen molar-refractivity contribution in [1.82, 2.24) is 0 Å². The fourth-order valence-electron chi connectivity index (χ4n) is 8.11. The lowest BCUT2D eigenvalue weighted by atomic mass is 10.0. The summed E-state index contributed by atoms with van der Waals surface area (Å²) in [7, 11) is 1.48. The molecule has 0 aliphatic heterocycles. The lowest BCUT2D eigenvalue weighted by Crippen LogP contribution is -2.37. The van der Waals surface area contributed by atoms with Crippen LogP contribution in [0.5, 0.6) is 0 Å². The Labute approximate surface area is 409 Å². The Morgan fingerprint density at radius 3 is 1.23 bits per heavy atom. The molecule has 0 aromatic rings. The molecule has 0 heterocycles. The predicted octanol–water partition coefficient (Wildman–Crippen LogP) is 17.0. The fraction of sp³-hybridized carbons (Fsp3) is 0.893. The van der Waals surface area contributed by atoms with E-state index >= 15 is 0 Å². The number of quaternary nitrogens is 1. The van der Waals surface area contributed by atoms with Gasteiger partial charge in [0.1, 0.15) is 19.8 Å². The van der Waals surface area contributed by atoms with Crippen LogP contribution in [0.15, 0.2) is 24.3 Å². The van der Waals surface area contributed by atoms with Gasteiger partial charge in [-0.1, -0.05) is 237 Å². The molecule has 1 N–H and O–H groups in total. The largest absolute Gasteiger partial charge is 0.472 e. The number of allylic oxidation sites excluding steroid dienone is 4. The Bertz CT molecular complexity index is 1170. The van der Waals surface area contributed by atoms with Crippen molar-refractivity contribution in [3.8, 4) is 0 Å². The molecule has 2 unspecified atom stereocenters. The minimum atomic E-state index is -4.38. The topological polar surface area (TPSA) is 108 Å². The first-order chi connectivity index (χ1) is 32.0. The molecule has 2 atom stereocenters. The Hall–Kier alpha value is -1.51. The van der Waals surface area contributed by atoms with Gasteiger partial charge in [0.2, 0.25) is 0 Å². The van der Waals surface area contributed by atoms with Gasteiger partial charge in [-0.05, 0) is 44.9 Å². The van der Waals surface area contributed by atoms with Crippen LogP contribution >= 0.6 is 7.82 Å². The SMILES string of the molecule is CCCCC/C=C\C/C=C\CCCCCCCCCC(=O)OC(COC(=O)CCCCCCCCCCCCCCCCCCCCCCCCCCC)COP(=O)(O)OCC[N+](C)(C)C. The van der Waals surface area contributed by atoms with Crippen molar-refractivity contribution in [1.29, 1.82) is 0 Å². The molecular formula is C56H109NO8P+. The molecule has 66 heavy (non-hydrogen) atoms. The second kappa shape index (κ2) is 48.5. The third-order valence-corrected chi connectivity index (χ3v) is 13.5.